The Morgan fingerprint density at radius 1 is 1.22 bits per heavy atom. The first-order valence-corrected chi connectivity index (χ1v) is 7.36. The highest BCUT2D eigenvalue weighted by Gasteiger charge is 2.06. The van der Waals surface area contributed by atoms with Crippen LogP contribution >= 0.6 is 22.9 Å². The van der Waals surface area contributed by atoms with Gasteiger partial charge in [-0.3, -0.25) is 0 Å². The van der Waals surface area contributed by atoms with E-state index >= 15 is 0 Å². The maximum atomic E-state index is 6.13. The second kappa shape index (κ2) is 6.37. The summed E-state index contributed by atoms with van der Waals surface area (Å²) < 4.78 is 0. The third kappa shape index (κ3) is 3.84. The molecule has 0 aliphatic rings. The van der Waals surface area contributed by atoms with E-state index in [9.17, 15) is 0 Å². The van der Waals surface area contributed by atoms with Gasteiger partial charge >= 0.3 is 0 Å². The summed E-state index contributed by atoms with van der Waals surface area (Å²) in [6, 6.07) is 12.8. The Morgan fingerprint density at radius 3 is 2.67 bits per heavy atom. The number of hydrogen-bond acceptors (Lipinski definition) is 2. The van der Waals surface area contributed by atoms with Gasteiger partial charge in [0.15, 0.2) is 0 Å². The highest BCUT2D eigenvalue weighted by molar-refractivity contribution is 7.11. The van der Waals surface area contributed by atoms with E-state index in [4.69, 9.17) is 11.6 Å². The monoisotopic (exact) mass is 279 g/mol. The van der Waals surface area contributed by atoms with Gasteiger partial charge in [0.05, 0.1) is 0 Å². The fourth-order valence-corrected chi connectivity index (χ4v) is 3.12. The van der Waals surface area contributed by atoms with Crippen LogP contribution in [0.15, 0.2) is 36.4 Å². The molecule has 0 spiro atoms. The number of thiophene rings is 1. The molecule has 0 aliphatic carbocycles. The Hall–Kier alpha value is -0.830. The first-order valence-electron chi connectivity index (χ1n) is 6.17. The summed E-state index contributed by atoms with van der Waals surface area (Å²) in [5.74, 6) is 0. The molecule has 0 saturated carbocycles. The van der Waals surface area contributed by atoms with Crippen LogP contribution < -0.4 is 5.32 Å². The van der Waals surface area contributed by atoms with Crippen LogP contribution in [0.1, 0.15) is 22.2 Å². The first kappa shape index (κ1) is 13.6. The lowest BCUT2D eigenvalue weighted by atomic mass is 10.1. The average molecular weight is 280 g/mol. The van der Waals surface area contributed by atoms with Crippen LogP contribution in [0, 0.1) is 6.92 Å². The number of aryl methyl sites for hydroxylation is 1. The molecule has 18 heavy (non-hydrogen) atoms. The van der Waals surface area contributed by atoms with Crippen molar-refractivity contribution in [3.63, 3.8) is 0 Å². The summed E-state index contributed by atoms with van der Waals surface area (Å²) in [5, 5.41) is 4.36. The van der Waals surface area contributed by atoms with Crippen molar-refractivity contribution in [2.75, 3.05) is 0 Å². The van der Waals surface area contributed by atoms with Crippen molar-refractivity contribution in [1.29, 1.82) is 0 Å². The van der Waals surface area contributed by atoms with Crippen molar-refractivity contribution in [3.05, 3.63) is 56.7 Å². The largest absolute Gasteiger partial charge is 0.310 e. The van der Waals surface area contributed by atoms with Gasteiger partial charge in [-0.1, -0.05) is 29.8 Å². The highest BCUT2D eigenvalue weighted by Crippen LogP contribution is 2.18. The molecule has 1 heterocycles. The molecule has 2 rings (SSSR count). The molecule has 1 unspecified atom stereocenters. The molecule has 0 radical (unpaired) electrons. The van der Waals surface area contributed by atoms with E-state index < -0.39 is 0 Å². The molecule has 2 aromatic rings. The van der Waals surface area contributed by atoms with E-state index in [2.05, 4.69) is 37.4 Å². The van der Waals surface area contributed by atoms with Crippen LogP contribution in [0.3, 0.4) is 0 Å². The highest BCUT2D eigenvalue weighted by atomic mass is 35.5. The van der Waals surface area contributed by atoms with Gasteiger partial charge in [-0.25, -0.2) is 0 Å². The minimum absolute atomic E-state index is 0.458. The van der Waals surface area contributed by atoms with Crippen molar-refractivity contribution in [3.8, 4) is 0 Å². The molecule has 1 atom stereocenters. The SMILES string of the molecule is Cc1ccc(CC(C)NCc2ccccc2Cl)s1. The fourth-order valence-electron chi connectivity index (χ4n) is 1.89. The molecule has 0 saturated heterocycles. The number of halogens is 1. The van der Waals surface area contributed by atoms with Crippen LogP contribution in [-0.4, -0.2) is 6.04 Å². The maximum absolute atomic E-state index is 6.13. The van der Waals surface area contributed by atoms with Gasteiger partial charge in [0.2, 0.25) is 0 Å². The molecule has 1 aromatic heterocycles. The van der Waals surface area contributed by atoms with Crippen LogP contribution in [0.25, 0.3) is 0 Å². The first-order chi connectivity index (χ1) is 8.65. The summed E-state index contributed by atoms with van der Waals surface area (Å²) in [7, 11) is 0. The lowest BCUT2D eigenvalue weighted by Crippen LogP contribution is -2.27. The van der Waals surface area contributed by atoms with Crippen molar-refractivity contribution in [2.24, 2.45) is 0 Å². The van der Waals surface area contributed by atoms with Crippen LogP contribution in [0.2, 0.25) is 5.02 Å². The number of rotatable bonds is 5. The molecule has 1 N–H and O–H groups in total. The van der Waals surface area contributed by atoms with Gasteiger partial charge in [-0.05, 0) is 44.0 Å². The molecule has 0 amide bonds. The number of hydrogen-bond donors (Lipinski definition) is 1. The zero-order valence-corrected chi connectivity index (χ0v) is 12.3. The van der Waals surface area contributed by atoms with Crippen LogP contribution in [0.4, 0.5) is 0 Å². The third-order valence-corrected chi connectivity index (χ3v) is 4.29. The lowest BCUT2D eigenvalue weighted by Gasteiger charge is -2.13. The van der Waals surface area contributed by atoms with Gasteiger partial charge in [0.1, 0.15) is 0 Å². The Morgan fingerprint density at radius 2 is 2.00 bits per heavy atom. The summed E-state index contributed by atoms with van der Waals surface area (Å²) >= 11 is 8.01. The standard InChI is InChI=1S/C15H18ClNS/c1-11(9-14-8-7-12(2)18-14)17-10-13-5-3-4-6-15(13)16/h3-8,11,17H,9-10H2,1-2H3. The van der Waals surface area contributed by atoms with Gasteiger partial charge in [-0.15, -0.1) is 11.3 Å². The van der Waals surface area contributed by atoms with Crippen LogP contribution in [-0.2, 0) is 13.0 Å². The molecule has 1 nitrogen and oxygen atoms in total. The van der Waals surface area contributed by atoms with Gasteiger partial charge in [0.25, 0.3) is 0 Å². The van der Waals surface area contributed by atoms with Crippen molar-refractivity contribution >= 4 is 22.9 Å². The summed E-state index contributed by atoms with van der Waals surface area (Å²) in [6.07, 6.45) is 1.07. The van der Waals surface area contributed by atoms with Gasteiger partial charge in [0, 0.05) is 27.4 Å². The fraction of sp³-hybridized carbons (Fsp3) is 0.333. The smallest absolute Gasteiger partial charge is 0.0450 e. The zero-order chi connectivity index (χ0) is 13.0. The Bertz CT molecular complexity index is 507. The van der Waals surface area contributed by atoms with Crippen molar-refractivity contribution < 1.29 is 0 Å². The molecule has 96 valence electrons. The van der Waals surface area contributed by atoms with E-state index in [0.29, 0.717) is 6.04 Å². The zero-order valence-electron chi connectivity index (χ0n) is 10.7. The summed E-state index contributed by atoms with van der Waals surface area (Å²) in [6.45, 7) is 5.19. The molecular formula is C15H18ClNS. The van der Waals surface area contributed by atoms with Crippen LogP contribution in [0.5, 0.6) is 0 Å². The van der Waals surface area contributed by atoms with Crippen molar-refractivity contribution in [2.45, 2.75) is 32.9 Å². The molecule has 0 fully saturated rings. The predicted molar refractivity (Wildman–Crippen MR) is 80.5 cm³/mol. The number of nitrogens with one attached hydrogen (secondary N) is 1. The molecule has 1 aromatic carbocycles. The Kier molecular flexibility index (Phi) is 4.81. The maximum Gasteiger partial charge on any atom is 0.0450 e. The Labute approximate surface area is 118 Å². The van der Waals surface area contributed by atoms with E-state index in [1.807, 2.05) is 29.5 Å². The van der Waals surface area contributed by atoms with E-state index in [1.54, 1.807) is 0 Å². The van der Waals surface area contributed by atoms with E-state index in [0.717, 1.165) is 23.6 Å². The lowest BCUT2D eigenvalue weighted by molar-refractivity contribution is 0.549. The van der Waals surface area contributed by atoms with Crippen molar-refractivity contribution in [1.82, 2.24) is 5.32 Å². The van der Waals surface area contributed by atoms with E-state index in [-0.39, 0.29) is 0 Å². The molecule has 0 aliphatic heterocycles. The Balaban J connectivity index is 1.85. The quantitative estimate of drug-likeness (QED) is 0.854. The second-order valence-electron chi connectivity index (χ2n) is 4.59. The minimum Gasteiger partial charge on any atom is -0.310 e. The minimum atomic E-state index is 0.458. The number of benzene rings is 1. The average Bonchev–Trinajstić information content (AvgIpc) is 2.74. The van der Waals surface area contributed by atoms with Gasteiger partial charge in [-0.2, -0.15) is 0 Å². The summed E-state index contributed by atoms with van der Waals surface area (Å²) in [5.41, 5.74) is 1.16. The molecule has 0 bridgehead atoms. The predicted octanol–water partition coefficient (Wildman–Crippen LogP) is 4.43. The third-order valence-electron chi connectivity index (χ3n) is 2.90. The second-order valence-corrected chi connectivity index (χ2v) is 6.37. The topological polar surface area (TPSA) is 12.0 Å². The van der Waals surface area contributed by atoms with Gasteiger partial charge < -0.3 is 5.32 Å². The molecular weight excluding hydrogens is 262 g/mol. The molecule has 3 heteroatoms. The van der Waals surface area contributed by atoms with E-state index in [1.165, 1.54) is 9.75 Å². The summed E-state index contributed by atoms with van der Waals surface area (Å²) in [4.78, 5) is 2.81. The normalized spacial score (nSPS) is 12.6.